The normalized spacial score (nSPS) is 14.7. The molecule has 2 atom stereocenters. The molecule has 0 bridgehead atoms. The molecule has 0 aliphatic rings. The lowest BCUT2D eigenvalue weighted by molar-refractivity contribution is 0.0388. The zero-order valence-corrected chi connectivity index (χ0v) is 7.79. The summed E-state index contributed by atoms with van der Waals surface area (Å²) in [5, 5.41) is 27.9. The number of rotatable bonds is 2. The Hall–Kier alpha value is -1.83. The van der Waals surface area contributed by atoms with Gasteiger partial charge >= 0.3 is 0 Å². The van der Waals surface area contributed by atoms with E-state index in [9.17, 15) is 5.11 Å². The lowest BCUT2D eigenvalue weighted by Gasteiger charge is -2.06. The zero-order valence-electron chi connectivity index (χ0n) is 7.79. The summed E-state index contributed by atoms with van der Waals surface area (Å²) in [4.78, 5) is 0. The summed E-state index contributed by atoms with van der Waals surface area (Å²) in [5.74, 6) is 0.199. The first-order valence-corrected chi connectivity index (χ1v) is 4.46. The molecule has 1 aromatic heterocycles. The summed E-state index contributed by atoms with van der Waals surface area (Å²) in [5.41, 5.74) is 0.622. The zero-order chi connectivity index (χ0) is 10.8. The molecule has 0 aliphatic heterocycles. The predicted molar refractivity (Wildman–Crippen MR) is 52.8 cm³/mol. The minimum absolute atomic E-state index is 0.199. The fourth-order valence-electron chi connectivity index (χ4n) is 1.37. The van der Waals surface area contributed by atoms with Crippen LogP contribution in [0.25, 0.3) is 11.0 Å². The van der Waals surface area contributed by atoms with E-state index < -0.39 is 12.2 Å². The van der Waals surface area contributed by atoms with Gasteiger partial charge in [0.2, 0.25) is 0 Å². The summed E-state index contributed by atoms with van der Waals surface area (Å²) in [6.45, 7) is 0. The van der Waals surface area contributed by atoms with E-state index in [0.717, 1.165) is 5.39 Å². The molecule has 0 saturated heterocycles. The van der Waals surface area contributed by atoms with Gasteiger partial charge in [-0.2, -0.15) is 5.26 Å². The lowest BCUT2D eigenvalue weighted by atomic mass is 10.1. The molecule has 4 nitrogen and oxygen atoms in total. The number of aliphatic hydroxyl groups is 2. The van der Waals surface area contributed by atoms with Crippen molar-refractivity contribution < 1.29 is 14.6 Å². The van der Waals surface area contributed by atoms with E-state index in [-0.39, 0.29) is 5.76 Å². The van der Waals surface area contributed by atoms with Gasteiger partial charge in [0, 0.05) is 5.39 Å². The number of fused-ring (bicyclic) bond motifs is 1. The molecule has 0 amide bonds. The third kappa shape index (κ3) is 1.71. The van der Waals surface area contributed by atoms with Crippen molar-refractivity contribution in [2.24, 2.45) is 0 Å². The number of benzene rings is 1. The van der Waals surface area contributed by atoms with E-state index in [1.54, 1.807) is 18.2 Å². The van der Waals surface area contributed by atoms with Crippen molar-refractivity contribution in [1.82, 2.24) is 0 Å². The smallest absolute Gasteiger partial charge is 0.173 e. The summed E-state index contributed by atoms with van der Waals surface area (Å²) in [7, 11) is 0. The van der Waals surface area contributed by atoms with E-state index in [2.05, 4.69) is 0 Å². The Morgan fingerprint density at radius 2 is 2.00 bits per heavy atom. The molecule has 76 valence electrons. The molecule has 1 heterocycles. The van der Waals surface area contributed by atoms with Crippen LogP contribution in [0.1, 0.15) is 11.9 Å². The van der Waals surface area contributed by atoms with Gasteiger partial charge in [-0.05, 0) is 12.1 Å². The van der Waals surface area contributed by atoms with E-state index in [0.29, 0.717) is 5.58 Å². The Balaban J connectivity index is 2.41. The molecule has 0 saturated carbocycles. The van der Waals surface area contributed by atoms with Gasteiger partial charge in [0.25, 0.3) is 0 Å². The third-order valence-corrected chi connectivity index (χ3v) is 2.17. The van der Waals surface area contributed by atoms with Crippen LogP contribution in [0.3, 0.4) is 0 Å². The third-order valence-electron chi connectivity index (χ3n) is 2.17. The quantitative estimate of drug-likeness (QED) is 0.722. The van der Waals surface area contributed by atoms with Crippen LogP contribution in [0.4, 0.5) is 0 Å². The van der Waals surface area contributed by atoms with Crippen LogP contribution in [0.5, 0.6) is 0 Å². The maximum Gasteiger partial charge on any atom is 0.173 e. The monoisotopic (exact) mass is 203 g/mol. The molecular weight excluding hydrogens is 194 g/mol. The Bertz CT molecular complexity index is 479. The van der Waals surface area contributed by atoms with Gasteiger partial charge in [-0.3, -0.25) is 0 Å². The molecule has 1 aromatic carbocycles. The first-order valence-electron chi connectivity index (χ1n) is 4.46. The molecule has 2 unspecified atom stereocenters. The largest absolute Gasteiger partial charge is 0.458 e. The minimum atomic E-state index is -1.47. The van der Waals surface area contributed by atoms with Crippen molar-refractivity contribution in [3.05, 3.63) is 36.1 Å². The van der Waals surface area contributed by atoms with Gasteiger partial charge in [-0.1, -0.05) is 18.2 Å². The standard InChI is InChI=1S/C11H9NO3/c12-6-8(13)11(14)10-5-7-3-1-2-4-9(7)15-10/h1-5,8,11,13-14H. The SMILES string of the molecule is N#CC(O)C(O)c1cc2ccccc2o1. The second-order valence-electron chi connectivity index (χ2n) is 3.21. The number of nitriles is 1. The number of nitrogens with zero attached hydrogens (tertiary/aromatic N) is 1. The average molecular weight is 203 g/mol. The molecular formula is C11H9NO3. The summed E-state index contributed by atoms with van der Waals surface area (Å²) in [6.07, 6.45) is -2.77. The first-order chi connectivity index (χ1) is 7.22. The van der Waals surface area contributed by atoms with Gasteiger partial charge in [-0.15, -0.1) is 0 Å². The first kappa shape index (κ1) is 9.71. The van der Waals surface area contributed by atoms with E-state index in [1.807, 2.05) is 18.2 Å². The number of hydrogen-bond donors (Lipinski definition) is 2. The highest BCUT2D eigenvalue weighted by Gasteiger charge is 2.21. The van der Waals surface area contributed by atoms with Crippen molar-refractivity contribution in [3.8, 4) is 6.07 Å². The van der Waals surface area contributed by atoms with Crippen LogP contribution in [0, 0.1) is 11.3 Å². The topological polar surface area (TPSA) is 77.4 Å². The Kier molecular flexibility index (Phi) is 2.42. The Labute approximate surface area is 86.0 Å². The second kappa shape index (κ2) is 3.73. The van der Waals surface area contributed by atoms with Crippen molar-refractivity contribution in [2.45, 2.75) is 12.2 Å². The Morgan fingerprint density at radius 1 is 1.27 bits per heavy atom. The molecule has 2 rings (SSSR count). The van der Waals surface area contributed by atoms with Gasteiger partial charge in [0.15, 0.2) is 12.2 Å². The van der Waals surface area contributed by atoms with Crippen LogP contribution >= 0.6 is 0 Å². The lowest BCUT2D eigenvalue weighted by Crippen LogP contribution is -2.14. The highest BCUT2D eigenvalue weighted by Crippen LogP contribution is 2.25. The number of para-hydroxylation sites is 1. The molecule has 2 aromatic rings. The second-order valence-corrected chi connectivity index (χ2v) is 3.21. The van der Waals surface area contributed by atoms with Crippen LogP contribution < -0.4 is 0 Å². The maximum absolute atomic E-state index is 9.52. The van der Waals surface area contributed by atoms with Crippen LogP contribution in [0.15, 0.2) is 34.7 Å². The van der Waals surface area contributed by atoms with Gasteiger partial charge in [0.1, 0.15) is 11.3 Å². The molecule has 15 heavy (non-hydrogen) atoms. The summed E-state index contributed by atoms with van der Waals surface area (Å²) >= 11 is 0. The number of furan rings is 1. The fourth-order valence-corrected chi connectivity index (χ4v) is 1.37. The van der Waals surface area contributed by atoms with Gasteiger partial charge < -0.3 is 14.6 Å². The van der Waals surface area contributed by atoms with Crippen LogP contribution in [-0.2, 0) is 0 Å². The average Bonchev–Trinajstić information content (AvgIpc) is 2.70. The van der Waals surface area contributed by atoms with Crippen molar-refractivity contribution >= 4 is 11.0 Å². The molecule has 0 radical (unpaired) electrons. The molecule has 0 fully saturated rings. The van der Waals surface area contributed by atoms with Crippen molar-refractivity contribution in [3.63, 3.8) is 0 Å². The highest BCUT2D eigenvalue weighted by atomic mass is 16.4. The maximum atomic E-state index is 9.52. The molecule has 4 heteroatoms. The van der Waals surface area contributed by atoms with Gasteiger partial charge in [-0.25, -0.2) is 0 Å². The fraction of sp³-hybridized carbons (Fsp3) is 0.182. The Morgan fingerprint density at radius 3 is 2.67 bits per heavy atom. The minimum Gasteiger partial charge on any atom is -0.458 e. The van der Waals surface area contributed by atoms with Crippen molar-refractivity contribution in [2.75, 3.05) is 0 Å². The van der Waals surface area contributed by atoms with Crippen LogP contribution in [0.2, 0.25) is 0 Å². The molecule has 0 spiro atoms. The van der Waals surface area contributed by atoms with Gasteiger partial charge in [0.05, 0.1) is 6.07 Å². The number of hydrogen-bond acceptors (Lipinski definition) is 4. The summed E-state index contributed by atoms with van der Waals surface area (Å²) < 4.78 is 5.29. The molecule has 2 N–H and O–H groups in total. The number of aliphatic hydroxyl groups excluding tert-OH is 2. The van der Waals surface area contributed by atoms with E-state index in [1.165, 1.54) is 0 Å². The van der Waals surface area contributed by atoms with Crippen LogP contribution in [-0.4, -0.2) is 16.3 Å². The highest BCUT2D eigenvalue weighted by molar-refractivity contribution is 5.77. The van der Waals surface area contributed by atoms with Crippen molar-refractivity contribution in [1.29, 1.82) is 5.26 Å². The summed E-state index contributed by atoms with van der Waals surface area (Å²) in [6, 6.07) is 10.4. The van der Waals surface area contributed by atoms with E-state index >= 15 is 0 Å². The predicted octanol–water partition coefficient (Wildman–Crippen LogP) is 1.35. The molecule has 0 aliphatic carbocycles. The van der Waals surface area contributed by atoms with E-state index in [4.69, 9.17) is 14.8 Å².